The van der Waals surface area contributed by atoms with E-state index < -0.39 is 0 Å². The highest BCUT2D eigenvalue weighted by atomic mass is 16.2. The molecule has 0 saturated carbocycles. The number of hydrogen-bond donors (Lipinski definition) is 0. The number of pyridine rings is 1. The molecular weight excluding hydrogens is 304 g/mol. The second-order valence-corrected chi connectivity index (χ2v) is 7.01. The van der Waals surface area contributed by atoms with E-state index in [1.165, 1.54) is 13.1 Å². The van der Waals surface area contributed by atoms with E-state index in [9.17, 15) is 9.59 Å². The van der Waals surface area contributed by atoms with Gasteiger partial charge in [0.1, 0.15) is 5.69 Å². The number of ketones is 1. The van der Waals surface area contributed by atoms with E-state index >= 15 is 0 Å². The fraction of sp³-hybridized carbons (Fsp3) is 0.444. The van der Waals surface area contributed by atoms with E-state index in [4.69, 9.17) is 0 Å². The fourth-order valence-corrected chi connectivity index (χ4v) is 2.38. The Morgan fingerprint density at radius 1 is 1.29 bits per heavy atom. The Labute approximate surface area is 142 Å². The van der Waals surface area contributed by atoms with Crippen LogP contribution in [0.25, 0.3) is 0 Å². The average Bonchev–Trinajstić information content (AvgIpc) is 2.87. The van der Waals surface area contributed by atoms with E-state index in [1.54, 1.807) is 28.8 Å². The zero-order chi connectivity index (χ0) is 18.1. The molecular formula is C18H24N4O2. The van der Waals surface area contributed by atoms with Gasteiger partial charge in [-0.1, -0.05) is 20.8 Å². The molecule has 0 atom stereocenters. The van der Waals surface area contributed by atoms with Crippen LogP contribution >= 0.6 is 0 Å². The highest BCUT2D eigenvalue weighted by Crippen LogP contribution is 2.22. The van der Waals surface area contributed by atoms with Crippen LogP contribution in [0.15, 0.2) is 24.4 Å². The van der Waals surface area contributed by atoms with Gasteiger partial charge in [0.25, 0.3) is 5.91 Å². The van der Waals surface area contributed by atoms with Crippen molar-refractivity contribution >= 4 is 11.7 Å². The lowest BCUT2D eigenvalue weighted by Crippen LogP contribution is -2.29. The minimum atomic E-state index is -0.278. The first kappa shape index (κ1) is 17.8. The number of Topliss-reactive ketones (excluding diaryl/α,β-unsaturated/α-hetero) is 1. The first-order valence-electron chi connectivity index (χ1n) is 7.86. The molecule has 2 aromatic heterocycles. The lowest BCUT2D eigenvalue weighted by molar-refractivity contribution is 0.0770. The number of aromatic nitrogens is 3. The summed E-state index contributed by atoms with van der Waals surface area (Å²) >= 11 is 0. The summed E-state index contributed by atoms with van der Waals surface area (Å²) in [4.78, 5) is 30.0. The van der Waals surface area contributed by atoms with Crippen LogP contribution in [-0.4, -0.2) is 38.4 Å². The van der Waals surface area contributed by atoms with E-state index in [2.05, 4.69) is 30.9 Å². The van der Waals surface area contributed by atoms with Crippen LogP contribution in [-0.2, 0) is 19.0 Å². The van der Waals surface area contributed by atoms with Gasteiger partial charge in [-0.3, -0.25) is 19.3 Å². The molecule has 0 radical (unpaired) electrons. The smallest absolute Gasteiger partial charge is 0.273 e. The van der Waals surface area contributed by atoms with Gasteiger partial charge in [-0.05, 0) is 25.1 Å². The highest BCUT2D eigenvalue weighted by molar-refractivity contribution is 6.05. The minimum Gasteiger partial charge on any atom is -0.334 e. The Kier molecular flexibility index (Phi) is 4.87. The molecule has 6 heteroatoms. The van der Waals surface area contributed by atoms with Crippen LogP contribution in [0.2, 0.25) is 0 Å². The summed E-state index contributed by atoms with van der Waals surface area (Å²) in [6.45, 7) is 8.12. The van der Waals surface area contributed by atoms with E-state index in [1.807, 2.05) is 13.1 Å². The number of hydrogen-bond acceptors (Lipinski definition) is 4. The van der Waals surface area contributed by atoms with Crippen molar-refractivity contribution < 1.29 is 9.59 Å². The van der Waals surface area contributed by atoms with E-state index in [0.717, 1.165) is 11.4 Å². The van der Waals surface area contributed by atoms with Gasteiger partial charge >= 0.3 is 0 Å². The van der Waals surface area contributed by atoms with Crippen LogP contribution in [0.1, 0.15) is 59.9 Å². The topological polar surface area (TPSA) is 68.1 Å². The Morgan fingerprint density at radius 2 is 1.96 bits per heavy atom. The molecule has 6 nitrogen and oxygen atoms in total. The summed E-state index contributed by atoms with van der Waals surface area (Å²) in [5, 5.41) is 4.52. The van der Waals surface area contributed by atoms with Crippen molar-refractivity contribution in [2.24, 2.45) is 7.05 Å². The van der Waals surface area contributed by atoms with Crippen molar-refractivity contribution in [3.8, 4) is 0 Å². The molecule has 0 bridgehead atoms. The van der Waals surface area contributed by atoms with Gasteiger partial charge in [0, 0.05) is 31.3 Å². The molecule has 0 fully saturated rings. The molecule has 0 aliphatic heterocycles. The Balaban J connectivity index is 2.25. The maximum absolute atomic E-state index is 12.7. The number of amides is 1. The molecule has 0 aliphatic rings. The summed E-state index contributed by atoms with van der Waals surface area (Å²) in [6.07, 6.45) is 1.52. The Bertz CT molecular complexity index is 772. The van der Waals surface area contributed by atoms with Gasteiger partial charge in [-0.2, -0.15) is 5.10 Å². The van der Waals surface area contributed by atoms with Gasteiger partial charge in [-0.15, -0.1) is 0 Å². The van der Waals surface area contributed by atoms with Crippen LogP contribution in [0.5, 0.6) is 0 Å². The molecule has 2 heterocycles. The second-order valence-electron chi connectivity index (χ2n) is 7.01. The predicted molar refractivity (Wildman–Crippen MR) is 91.9 cm³/mol. The molecule has 0 aromatic carbocycles. The van der Waals surface area contributed by atoms with Crippen molar-refractivity contribution in [2.75, 3.05) is 7.05 Å². The summed E-state index contributed by atoms with van der Waals surface area (Å²) in [5.41, 5.74) is 2.38. The van der Waals surface area contributed by atoms with Crippen LogP contribution in [0.4, 0.5) is 0 Å². The summed E-state index contributed by atoms with van der Waals surface area (Å²) < 4.78 is 1.79. The Hall–Kier alpha value is -2.50. The van der Waals surface area contributed by atoms with Crippen LogP contribution in [0.3, 0.4) is 0 Å². The third-order valence-corrected chi connectivity index (χ3v) is 3.88. The molecule has 0 spiro atoms. The molecule has 0 saturated heterocycles. The lowest BCUT2D eigenvalue weighted by Gasteiger charge is -2.17. The van der Waals surface area contributed by atoms with Gasteiger partial charge in [0.2, 0.25) is 0 Å². The van der Waals surface area contributed by atoms with Crippen LogP contribution in [0, 0.1) is 0 Å². The fourth-order valence-electron chi connectivity index (χ4n) is 2.38. The molecule has 0 unspecified atom stereocenters. The van der Waals surface area contributed by atoms with Gasteiger partial charge in [0.15, 0.2) is 5.78 Å². The lowest BCUT2D eigenvalue weighted by atomic mass is 9.92. The third-order valence-electron chi connectivity index (χ3n) is 3.88. The number of nitrogens with zero attached hydrogens (tertiary/aromatic N) is 4. The monoisotopic (exact) mass is 328 g/mol. The standard InChI is InChI=1S/C18H24N4O2/c1-12(23)14-8-7-9-19-16(14)17(24)21(5)11-13-10-15(18(2,3)4)20-22(13)6/h7-10H,11H2,1-6H3. The largest absolute Gasteiger partial charge is 0.334 e. The molecule has 2 rings (SSSR count). The maximum Gasteiger partial charge on any atom is 0.273 e. The summed E-state index contributed by atoms with van der Waals surface area (Å²) in [6, 6.07) is 5.29. The summed E-state index contributed by atoms with van der Waals surface area (Å²) in [7, 11) is 3.56. The average molecular weight is 328 g/mol. The van der Waals surface area contributed by atoms with Gasteiger partial charge < -0.3 is 4.90 Å². The molecule has 1 amide bonds. The summed E-state index contributed by atoms with van der Waals surface area (Å²) in [5.74, 6) is -0.449. The molecule has 24 heavy (non-hydrogen) atoms. The second kappa shape index (κ2) is 6.55. The van der Waals surface area contributed by atoms with Crippen molar-refractivity contribution in [3.05, 3.63) is 47.0 Å². The first-order chi connectivity index (χ1) is 11.1. The highest BCUT2D eigenvalue weighted by Gasteiger charge is 2.22. The third kappa shape index (κ3) is 3.69. The minimum absolute atomic E-state index is 0.0542. The number of rotatable bonds is 4. The van der Waals surface area contributed by atoms with Crippen LogP contribution < -0.4 is 0 Å². The Morgan fingerprint density at radius 3 is 2.50 bits per heavy atom. The quantitative estimate of drug-likeness (QED) is 0.809. The number of carbonyl (C=O) groups excluding carboxylic acids is 2. The van der Waals surface area contributed by atoms with Crippen molar-refractivity contribution in [1.82, 2.24) is 19.7 Å². The van der Waals surface area contributed by atoms with E-state index in [-0.39, 0.29) is 22.8 Å². The van der Waals surface area contributed by atoms with Gasteiger partial charge in [0.05, 0.1) is 17.9 Å². The zero-order valence-electron chi connectivity index (χ0n) is 15.1. The number of carbonyl (C=O) groups is 2. The number of aryl methyl sites for hydroxylation is 1. The van der Waals surface area contributed by atoms with Gasteiger partial charge in [-0.25, -0.2) is 0 Å². The van der Waals surface area contributed by atoms with Crippen molar-refractivity contribution in [1.29, 1.82) is 0 Å². The van der Waals surface area contributed by atoms with Crippen molar-refractivity contribution in [2.45, 2.75) is 39.7 Å². The zero-order valence-corrected chi connectivity index (χ0v) is 15.1. The van der Waals surface area contributed by atoms with E-state index in [0.29, 0.717) is 12.1 Å². The maximum atomic E-state index is 12.7. The molecule has 0 aliphatic carbocycles. The normalized spacial score (nSPS) is 11.4. The SMILES string of the molecule is CC(=O)c1cccnc1C(=O)N(C)Cc1cc(C(C)(C)C)nn1C. The molecule has 0 N–H and O–H groups in total. The first-order valence-corrected chi connectivity index (χ1v) is 7.86. The molecule has 2 aromatic rings. The van der Waals surface area contributed by atoms with Crippen molar-refractivity contribution in [3.63, 3.8) is 0 Å². The molecule has 128 valence electrons. The predicted octanol–water partition coefficient (Wildman–Crippen LogP) is 2.59.